The number of amides is 1. The molecule has 0 aromatic heterocycles. The number of nitro groups is 1. The number of nitro benzene ring substituents is 1. The monoisotopic (exact) mass is 283 g/mol. The highest BCUT2D eigenvalue weighted by molar-refractivity contribution is 6.00. The van der Waals surface area contributed by atoms with E-state index in [0.29, 0.717) is 13.1 Å². The van der Waals surface area contributed by atoms with E-state index in [0.717, 1.165) is 11.1 Å². The van der Waals surface area contributed by atoms with Crippen molar-refractivity contribution < 1.29 is 9.72 Å². The third-order valence-electron chi connectivity index (χ3n) is 3.61. The van der Waals surface area contributed by atoms with Gasteiger partial charge in [0, 0.05) is 30.9 Å². The summed E-state index contributed by atoms with van der Waals surface area (Å²) >= 11 is 0. The van der Waals surface area contributed by atoms with Crippen LogP contribution in [0.2, 0.25) is 0 Å². The van der Waals surface area contributed by atoms with E-state index in [1.165, 1.54) is 18.2 Å². The fourth-order valence-electron chi connectivity index (χ4n) is 2.49. The van der Waals surface area contributed by atoms with Gasteiger partial charge in [-0.25, -0.2) is 0 Å². The first-order valence-electron chi connectivity index (χ1n) is 6.46. The zero-order valence-corrected chi connectivity index (χ0v) is 11.2. The fourth-order valence-corrected chi connectivity index (χ4v) is 2.49. The van der Waals surface area contributed by atoms with Crippen LogP contribution in [-0.2, 0) is 13.1 Å². The summed E-state index contributed by atoms with van der Waals surface area (Å²) < 4.78 is 0. The van der Waals surface area contributed by atoms with Crippen LogP contribution in [0, 0.1) is 10.1 Å². The van der Waals surface area contributed by atoms with Gasteiger partial charge < -0.3 is 10.6 Å². The molecule has 1 amide bonds. The van der Waals surface area contributed by atoms with Crippen LogP contribution in [-0.4, -0.2) is 15.7 Å². The second-order valence-electron chi connectivity index (χ2n) is 4.96. The second kappa shape index (κ2) is 4.90. The summed E-state index contributed by atoms with van der Waals surface area (Å²) in [5.74, 6) is -0.285. The maximum Gasteiger partial charge on any atom is 0.270 e. The molecule has 0 aliphatic carbocycles. The lowest BCUT2D eigenvalue weighted by Crippen LogP contribution is -2.26. The van der Waals surface area contributed by atoms with Crippen LogP contribution >= 0.6 is 0 Å². The van der Waals surface area contributed by atoms with Gasteiger partial charge in [0.25, 0.3) is 11.6 Å². The number of hydrogen-bond donors (Lipinski definition) is 1. The van der Waals surface area contributed by atoms with Gasteiger partial charge in [-0.2, -0.15) is 0 Å². The number of nitrogens with two attached hydrogens (primary N) is 1. The molecule has 2 N–H and O–H groups in total. The maximum absolute atomic E-state index is 12.5. The number of non-ortho nitro benzene ring substituents is 1. The van der Waals surface area contributed by atoms with Crippen LogP contribution in [0.15, 0.2) is 42.5 Å². The Labute approximate surface area is 120 Å². The maximum atomic E-state index is 12.5. The summed E-state index contributed by atoms with van der Waals surface area (Å²) in [7, 11) is 0. The summed E-state index contributed by atoms with van der Waals surface area (Å²) in [4.78, 5) is 24.5. The van der Waals surface area contributed by atoms with E-state index < -0.39 is 4.92 Å². The molecule has 0 unspecified atom stereocenters. The number of anilines is 1. The van der Waals surface area contributed by atoms with E-state index in [1.807, 2.05) is 24.3 Å². The Morgan fingerprint density at radius 3 is 2.33 bits per heavy atom. The molecule has 2 aromatic rings. The Balaban J connectivity index is 1.90. The number of carbonyl (C=O) groups is 1. The number of rotatable bonds is 2. The zero-order valence-electron chi connectivity index (χ0n) is 11.2. The molecule has 0 bridgehead atoms. The minimum atomic E-state index is -0.533. The molecule has 0 saturated heterocycles. The first-order valence-corrected chi connectivity index (χ1v) is 6.46. The normalized spacial score (nSPS) is 13.0. The van der Waals surface area contributed by atoms with Gasteiger partial charge in [0.2, 0.25) is 0 Å². The van der Waals surface area contributed by atoms with Crippen molar-refractivity contribution >= 4 is 17.3 Å². The Bertz CT molecular complexity index is 718. The smallest absolute Gasteiger partial charge is 0.270 e. The number of nitrogen functional groups attached to an aromatic ring is 1. The Kier molecular flexibility index (Phi) is 3.06. The molecule has 0 radical (unpaired) electrons. The largest absolute Gasteiger partial charge is 0.398 e. The van der Waals surface area contributed by atoms with Gasteiger partial charge in [-0.15, -0.1) is 0 Å². The quantitative estimate of drug-likeness (QED) is 0.520. The van der Waals surface area contributed by atoms with E-state index in [1.54, 1.807) is 4.90 Å². The topological polar surface area (TPSA) is 89.5 Å². The van der Waals surface area contributed by atoms with Crippen molar-refractivity contribution in [2.75, 3.05) is 5.73 Å². The van der Waals surface area contributed by atoms with Gasteiger partial charge in [0.15, 0.2) is 0 Å². The van der Waals surface area contributed by atoms with E-state index >= 15 is 0 Å². The molecular formula is C15H13N3O3. The molecular weight excluding hydrogens is 270 g/mol. The van der Waals surface area contributed by atoms with Crippen LogP contribution in [0.5, 0.6) is 0 Å². The Morgan fingerprint density at radius 1 is 1.14 bits per heavy atom. The van der Waals surface area contributed by atoms with E-state index in [9.17, 15) is 14.9 Å². The molecule has 0 saturated carbocycles. The molecule has 0 spiro atoms. The van der Waals surface area contributed by atoms with Crippen molar-refractivity contribution in [2.45, 2.75) is 13.1 Å². The molecule has 0 atom stereocenters. The molecule has 3 rings (SSSR count). The van der Waals surface area contributed by atoms with Crippen molar-refractivity contribution in [1.29, 1.82) is 0 Å². The van der Waals surface area contributed by atoms with Gasteiger partial charge >= 0.3 is 0 Å². The third-order valence-corrected chi connectivity index (χ3v) is 3.61. The summed E-state index contributed by atoms with van der Waals surface area (Å²) in [6, 6.07) is 11.7. The number of carbonyl (C=O) groups excluding carboxylic acids is 1. The van der Waals surface area contributed by atoms with Crippen LogP contribution in [0.3, 0.4) is 0 Å². The summed E-state index contributed by atoms with van der Waals surface area (Å²) in [5, 5.41) is 10.8. The third kappa shape index (κ3) is 2.31. The van der Waals surface area contributed by atoms with Crippen LogP contribution in [0.25, 0.3) is 0 Å². The zero-order chi connectivity index (χ0) is 15.0. The SMILES string of the molecule is Nc1ccc([N+](=O)[O-])cc1C(=O)N1Cc2ccccc2C1. The lowest BCUT2D eigenvalue weighted by atomic mass is 10.1. The average molecular weight is 283 g/mol. The molecule has 21 heavy (non-hydrogen) atoms. The van der Waals surface area contributed by atoms with Crippen LogP contribution in [0.4, 0.5) is 11.4 Å². The van der Waals surface area contributed by atoms with Gasteiger partial charge in [-0.05, 0) is 17.2 Å². The summed E-state index contributed by atoms with van der Waals surface area (Å²) in [6.45, 7) is 0.994. The minimum Gasteiger partial charge on any atom is -0.398 e. The fraction of sp³-hybridized carbons (Fsp3) is 0.133. The lowest BCUT2D eigenvalue weighted by molar-refractivity contribution is -0.384. The highest BCUT2D eigenvalue weighted by Gasteiger charge is 2.26. The van der Waals surface area contributed by atoms with Crippen molar-refractivity contribution in [2.24, 2.45) is 0 Å². The molecule has 106 valence electrons. The predicted octanol–water partition coefficient (Wildman–Crippen LogP) is 2.33. The van der Waals surface area contributed by atoms with Crippen molar-refractivity contribution in [1.82, 2.24) is 4.90 Å². The van der Waals surface area contributed by atoms with Crippen molar-refractivity contribution in [3.05, 3.63) is 69.3 Å². The summed E-state index contributed by atoms with van der Waals surface area (Å²) in [5.41, 5.74) is 8.27. The molecule has 2 aromatic carbocycles. The Hall–Kier alpha value is -2.89. The van der Waals surface area contributed by atoms with Crippen molar-refractivity contribution in [3.8, 4) is 0 Å². The van der Waals surface area contributed by atoms with Crippen LogP contribution < -0.4 is 5.73 Å². The van der Waals surface area contributed by atoms with Gasteiger partial charge in [-0.3, -0.25) is 14.9 Å². The highest BCUT2D eigenvalue weighted by atomic mass is 16.6. The molecule has 6 nitrogen and oxygen atoms in total. The second-order valence-corrected chi connectivity index (χ2v) is 4.96. The highest BCUT2D eigenvalue weighted by Crippen LogP contribution is 2.27. The van der Waals surface area contributed by atoms with E-state index in [-0.39, 0.29) is 22.8 Å². The predicted molar refractivity (Wildman–Crippen MR) is 77.5 cm³/mol. The number of benzene rings is 2. The standard InChI is InChI=1S/C15H13N3O3/c16-14-6-5-12(18(20)21)7-13(14)15(19)17-8-10-3-1-2-4-11(10)9-17/h1-7H,8-9,16H2. The lowest BCUT2D eigenvalue weighted by Gasteiger charge is -2.16. The summed E-state index contributed by atoms with van der Waals surface area (Å²) in [6.07, 6.45) is 0. The molecule has 1 heterocycles. The van der Waals surface area contributed by atoms with Crippen molar-refractivity contribution in [3.63, 3.8) is 0 Å². The first-order chi connectivity index (χ1) is 10.1. The molecule has 6 heteroatoms. The minimum absolute atomic E-state index is 0.135. The molecule has 1 aliphatic heterocycles. The van der Waals surface area contributed by atoms with E-state index in [4.69, 9.17) is 5.73 Å². The Morgan fingerprint density at radius 2 is 1.76 bits per heavy atom. The first kappa shape index (κ1) is 13.1. The average Bonchev–Trinajstić information content (AvgIpc) is 2.90. The number of hydrogen-bond acceptors (Lipinski definition) is 4. The van der Waals surface area contributed by atoms with Gasteiger partial charge in [0.1, 0.15) is 0 Å². The number of fused-ring (bicyclic) bond motifs is 1. The van der Waals surface area contributed by atoms with Crippen LogP contribution in [0.1, 0.15) is 21.5 Å². The van der Waals surface area contributed by atoms with Gasteiger partial charge in [-0.1, -0.05) is 24.3 Å². The number of nitrogens with zero attached hydrogens (tertiary/aromatic N) is 2. The molecule has 0 fully saturated rings. The van der Waals surface area contributed by atoms with E-state index in [2.05, 4.69) is 0 Å². The van der Waals surface area contributed by atoms with Gasteiger partial charge in [0.05, 0.1) is 10.5 Å². The molecule has 1 aliphatic rings.